The van der Waals surface area contributed by atoms with Crippen molar-refractivity contribution in [3.05, 3.63) is 35.4 Å². The van der Waals surface area contributed by atoms with Crippen LogP contribution >= 0.6 is 0 Å². The molecule has 0 saturated heterocycles. The van der Waals surface area contributed by atoms with Crippen molar-refractivity contribution in [2.24, 2.45) is 5.73 Å². The number of rotatable bonds is 1. The monoisotopic (exact) mass is 200 g/mol. The van der Waals surface area contributed by atoms with E-state index in [1.165, 1.54) is 12.1 Å². The number of nitrogens with zero attached hydrogens (tertiary/aromatic N) is 1. The first kappa shape index (κ1) is 10.5. The maximum Gasteiger partial charge on any atom is 0.416 e. The van der Waals surface area contributed by atoms with Crippen LogP contribution in [0, 0.1) is 11.3 Å². The van der Waals surface area contributed by atoms with Gasteiger partial charge in [-0.05, 0) is 17.7 Å². The molecule has 0 aliphatic carbocycles. The maximum absolute atomic E-state index is 12.1. The Morgan fingerprint density at radius 1 is 1.21 bits per heavy atom. The molecule has 1 rings (SSSR count). The molecule has 5 heteroatoms. The van der Waals surface area contributed by atoms with Gasteiger partial charge in [0, 0.05) is 0 Å². The fraction of sp³-hybridized carbons (Fsp3) is 0.222. The molecule has 1 atom stereocenters. The van der Waals surface area contributed by atoms with Crippen LogP contribution in [-0.4, -0.2) is 0 Å². The lowest BCUT2D eigenvalue weighted by Gasteiger charge is -2.08. The van der Waals surface area contributed by atoms with Gasteiger partial charge >= 0.3 is 6.18 Å². The third-order valence-corrected chi connectivity index (χ3v) is 1.74. The van der Waals surface area contributed by atoms with E-state index in [4.69, 9.17) is 11.0 Å². The highest BCUT2D eigenvalue weighted by Gasteiger charge is 2.30. The second-order valence-electron chi connectivity index (χ2n) is 2.73. The molecule has 0 aliphatic rings. The Labute approximate surface area is 78.8 Å². The lowest BCUT2D eigenvalue weighted by atomic mass is 10.1. The molecule has 0 unspecified atom stereocenters. The highest BCUT2D eigenvalue weighted by Crippen LogP contribution is 2.29. The fourth-order valence-electron chi connectivity index (χ4n) is 0.954. The Morgan fingerprint density at radius 3 is 2.07 bits per heavy atom. The van der Waals surface area contributed by atoms with Crippen LogP contribution in [0.25, 0.3) is 0 Å². The van der Waals surface area contributed by atoms with Crippen LogP contribution in [0.1, 0.15) is 17.2 Å². The topological polar surface area (TPSA) is 49.8 Å². The van der Waals surface area contributed by atoms with Crippen molar-refractivity contribution >= 4 is 0 Å². The number of benzene rings is 1. The molecule has 0 heterocycles. The molecule has 0 radical (unpaired) electrons. The molecule has 0 aliphatic heterocycles. The van der Waals surface area contributed by atoms with Gasteiger partial charge in [0.1, 0.15) is 6.04 Å². The van der Waals surface area contributed by atoms with Crippen LogP contribution in [0.15, 0.2) is 24.3 Å². The van der Waals surface area contributed by atoms with E-state index in [0.29, 0.717) is 5.56 Å². The molecule has 0 bridgehead atoms. The van der Waals surface area contributed by atoms with Crippen LogP contribution in [0.5, 0.6) is 0 Å². The summed E-state index contributed by atoms with van der Waals surface area (Å²) in [6.07, 6.45) is -4.35. The van der Waals surface area contributed by atoms with Crippen molar-refractivity contribution < 1.29 is 13.2 Å². The molecule has 1 aromatic carbocycles. The predicted octanol–water partition coefficient (Wildman–Crippen LogP) is 2.23. The number of hydrogen-bond acceptors (Lipinski definition) is 2. The average Bonchev–Trinajstić information content (AvgIpc) is 2.15. The van der Waals surface area contributed by atoms with Gasteiger partial charge in [-0.15, -0.1) is 0 Å². The Morgan fingerprint density at radius 2 is 1.71 bits per heavy atom. The molecule has 0 fully saturated rings. The second-order valence-corrected chi connectivity index (χ2v) is 2.73. The average molecular weight is 200 g/mol. The summed E-state index contributed by atoms with van der Waals surface area (Å²) in [7, 11) is 0. The van der Waals surface area contributed by atoms with Gasteiger partial charge < -0.3 is 5.73 Å². The van der Waals surface area contributed by atoms with Crippen molar-refractivity contribution in [2.45, 2.75) is 12.2 Å². The molecule has 2 N–H and O–H groups in total. The summed E-state index contributed by atoms with van der Waals surface area (Å²) in [5.74, 6) is 0. The van der Waals surface area contributed by atoms with Crippen molar-refractivity contribution in [3.8, 4) is 6.07 Å². The summed E-state index contributed by atoms with van der Waals surface area (Å²) in [5.41, 5.74) is 4.94. The molecular weight excluding hydrogens is 193 g/mol. The molecule has 1 aromatic rings. The SMILES string of the molecule is N#C[C@@H](N)c1ccc(C(F)(F)F)cc1. The molecule has 0 saturated carbocycles. The Bertz CT molecular complexity index is 348. The van der Waals surface area contributed by atoms with Crippen LogP contribution in [-0.2, 0) is 6.18 Å². The predicted molar refractivity (Wildman–Crippen MR) is 44.0 cm³/mol. The van der Waals surface area contributed by atoms with E-state index in [-0.39, 0.29) is 0 Å². The largest absolute Gasteiger partial charge is 0.416 e. The van der Waals surface area contributed by atoms with Crippen molar-refractivity contribution in [3.63, 3.8) is 0 Å². The molecule has 0 aromatic heterocycles. The van der Waals surface area contributed by atoms with Gasteiger partial charge in [-0.1, -0.05) is 12.1 Å². The van der Waals surface area contributed by atoms with E-state index < -0.39 is 17.8 Å². The lowest BCUT2D eigenvalue weighted by molar-refractivity contribution is -0.137. The molecule has 74 valence electrons. The van der Waals surface area contributed by atoms with Gasteiger partial charge in [0.05, 0.1) is 11.6 Å². The smallest absolute Gasteiger partial charge is 0.312 e. The minimum atomic E-state index is -4.35. The molecule has 2 nitrogen and oxygen atoms in total. The van der Waals surface area contributed by atoms with Gasteiger partial charge in [0.15, 0.2) is 0 Å². The quantitative estimate of drug-likeness (QED) is 0.755. The van der Waals surface area contributed by atoms with E-state index in [2.05, 4.69) is 0 Å². The van der Waals surface area contributed by atoms with E-state index in [1.54, 1.807) is 6.07 Å². The minimum Gasteiger partial charge on any atom is -0.312 e. The van der Waals surface area contributed by atoms with Crippen LogP contribution in [0.3, 0.4) is 0 Å². The first-order valence-corrected chi connectivity index (χ1v) is 3.77. The minimum absolute atomic E-state index is 0.375. The van der Waals surface area contributed by atoms with Crippen LogP contribution in [0.4, 0.5) is 13.2 Å². The van der Waals surface area contributed by atoms with Gasteiger partial charge in [-0.3, -0.25) is 0 Å². The van der Waals surface area contributed by atoms with Gasteiger partial charge in [-0.25, -0.2) is 0 Å². The van der Waals surface area contributed by atoms with Crippen LogP contribution < -0.4 is 5.73 Å². The lowest BCUT2D eigenvalue weighted by Crippen LogP contribution is -2.09. The summed E-state index contributed by atoms with van der Waals surface area (Å²) in [4.78, 5) is 0. The number of hydrogen-bond donors (Lipinski definition) is 1. The van der Waals surface area contributed by atoms with E-state index in [0.717, 1.165) is 12.1 Å². The molecule has 0 amide bonds. The normalized spacial score (nSPS) is 13.4. The number of alkyl halides is 3. The third-order valence-electron chi connectivity index (χ3n) is 1.74. The number of nitriles is 1. The van der Waals surface area contributed by atoms with Crippen molar-refractivity contribution in [1.82, 2.24) is 0 Å². The zero-order valence-corrected chi connectivity index (χ0v) is 7.05. The van der Waals surface area contributed by atoms with E-state index >= 15 is 0 Å². The molecular formula is C9H7F3N2. The second kappa shape index (κ2) is 3.68. The van der Waals surface area contributed by atoms with Gasteiger partial charge in [0.2, 0.25) is 0 Å². The molecule has 14 heavy (non-hydrogen) atoms. The van der Waals surface area contributed by atoms with Gasteiger partial charge in [0.25, 0.3) is 0 Å². The number of halogens is 3. The fourth-order valence-corrected chi connectivity index (χ4v) is 0.954. The summed E-state index contributed by atoms with van der Waals surface area (Å²) < 4.78 is 36.3. The zero-order chi connectivity index (χ0) is 10.8. The summed E-state index contributed by atoms with van der Waals surface area (Å²) >= 11 is 0. The number of nitrogens with two attached hydrogens (primary N) is 1. The summed E-state index contributed by atoms with van der Waals surface area (Å²) in [5, 5.41) is 8.42. The van der Waals surface area contributed by atoms with Gasteiger partial charge in [-0.2, -0.15) is 18.4 Å². The Hall–Kier alpha value is -1.54. The standard InChI is InChI=1S/C9H7F3N2/c10-9(11,12)7-3-1-6(2-4-7)8(14)5-13/h1-4,8H,14H2/t8-/m1/s1. The highest BCUT2D eigenvalue weighted by atomic mass is 19.4. The van der Waals surface area contributed by atoms with Crippen molar-refractivity contribution in [2.75, 3.05) is 0 Å². The first-order chi connectivity index (χ1) is 6.45. The summed E-state index contributed by atoms with van der Waals surface area (Å²) in [6.45, 7) is 0. The Balaban J connectivity index is 2.96. The summed E-state index contributed by atoms with van der Waals surface area (Å²) in [6, 6.07) is 5.09. The van der Waals surface area contributed by atoms with Crippen molar-refractivity contribution in [1.29, 1.82) is 5.26 Å². The Kier molecular flexibility index (Phi) is 2.77. The first-order valence-electron chi connectivity index (χ1n) is 3.77. The van der Waals surface area contributed by atoms with E-state index in [9.17, 15) is 13.2 Å². The maximum atomic E-state index is 12.1. The van der Waals surface area contributed by atoms with E-state index in [1.807, 2.05) is 0 Å². The van der Waals surface area contributed by atoms with Crippen LogP contribution in [0.2, 0.25) is 0 Å². The zero-order valence-electron chi connectivity index (χ0n) is 7.05. The third kappa shape index (κ3) is 2.24. The highest BCUT2D eigenvalue weighted by molar-refractivity contribution is 5.29. The molecule has 0 spiro atoms.